The molecule has 0 aromatic carbocycles. The van der Waals surface area contributed by atoms with Gasteiger partial charge in [0.25, 0.3) is 10.0 Å². The van der Waals surface area contributed by atoms with Crippen molar-refractivity contribution in [2.75, 3.05) is 11.3 Å². The van der Waals surface area contributed by atoms with Crippen LogP contribution >= 0.6 is 22.7 Å². The fourth-order valence-corrected chi connectivity index (χ4v) is 5.98. The normalized spacial score (nSPS) is 15.1. The summed E-state index contributed by atoms with van der Waals surface area (Å²) in [7, 11) is -3.53. The van der Waals surface area contributed by atoms with Crippen LogP contribution in [0.25, 0.3) is 0 Å². The molecule has 0 saturated carbocycles. The minimum Gasteiger partial charge on any atom is -0.311 e. The number of hydrogen-bond donors (Lipinski definition) is 2. The van der Waals surface area contributed by atoms with E-state index in [1.807, 2.05) is 13.8 Å². The Morgan fingerprint density at radius 3 is 2.80 bits per heavy atom. The fraction of sp³-hybridized carbons (Fsp3) is 0.417. The molecule has 2 aromatic heterocycles. The van der Waals surface area contributed by atoms with E-state index in [1.54, 1.807) is 6.07 Å². The third-order valence-corrected chi connectivity index (χ3v) is 6.81. The minimum absolute atomic E-state index is 0.353. The van der Waals surface area contributed by atoms with Gasteiger partial charge in [0.1, 0.15) is 4.90 Å². The van der Waals surface area contributed by atoms with Crippen LogP contribution in [0.2, 0.25) is 0 Å². The zero-order chi connectivity index (χ0) is 14.3. The molecule has 108 valence electrons. The maximum absolute atomic E-state index is 12.4. The molecule has 1 aliphatic rings. The van der Waals surface area contributed by atoms with Gasteiger partial charge in [-0.2, -0.15) is 0 Å². The van der Waals surface area contributed by atoms with Crippen molar-refractivity contribution in [1.29, 1.82) is 0 Å². The molecule has 0 atom stereocenters. The van der Waals surface area contributed by atoms with Gasteiger partial charge >= 0.3 is 0 Å². The van der Waals surface area contributed by atoms with Crippen molar-refractivity contribution >= 4 is 37.8 Å². The van der Waals surface area contributed by atoms with Crippen LogP contribution in [-0.2, 0) is 23.0 Å². The van der Waals surface area contributed by atoms with Gasteiger partial charge in [-0.25, -0.2) is 13.4 Å². The van der Waals surface area contributed by atoms with Gasteiger partial charge < -0.3 is 5.32 Å². The molecule has 0 bridgehead atoms. The monoisotopic (exact) mass is 329 g/mol. The number of sulfonamides is 1. The van der Waals surface area contributed by atoms with E-state index in [9.17, 15) is 8.42 Å². The third kappa shape index (κ3) is 2.60. The summed E-state index contributed by atoms with van der Waals surface area (Å²) < 4.78 is 27.4. The average Bonchev–Trinajstić information content (AvgIpc) is 2.91. The smallest absolute Gasteiger partial charge is 0.264 e. The first-order valence-corrected chi connectivity index (χ1v) is 9.36. The quantitative estimate of drug-likeness (QED) is 0.906. The Morgan fingerprint density at radius 1 is 1.35 bits per heavy atom. The van der Waals surface area contributed by atoms with E-state index in [4.69, 9.17) is 0 Å². The zero-order valence-corrected chi connectivity index (χ0v) is 13.6. The summed E-state index contributed by atoms with van der Waals surface area (Å²) in [4.78, 5) is 7.66. The van der Waals surface area contributed by atoms with Crippen molar-refractivity contribution in [3.63, 3.8) is 0 Å². The van der Waals surface area contributed by atoms with Gasteiger partial charge in [-0.1, -0.05) is 11.3 Å². The zero-order valence-electron chi connectivity index (χ0n) is 11.2. The van der Waals surface area contributed by atoms with Gasteiger partial charge in [0.15, 0.2) is 5.13 Å². The molecule has 5 nitrogen and oxygen atoms in total. The predicted molar refractivity (Wildman–Crippen MR) is 82.1 cm³/mol. The maximum atomic E-state index is 12.4. The second-order valence-electron chi connectivity index (χ2n) is 4.70. The molecule has 0 saturated heterocycles. The molecule has 0 spiro atoms. The summed E-state index contributed by atoms with van der Waals surface area (Å²) in [5.74, 6) is 0. The fourth-order valence-electron chi connectivity index (χ4n) is 2.21. The number of fused-ring (bicyclic) bond motifs is 1. The van der Waals surface area contributed by atoms with Crippen molar-refractivity contribution in [2.24, 2.45) is 0 Å². The highest BCUT2D eigenvalue weighted by Gasteiger charge is 2.22. The van der Waals surface area contributed by atoms with E-state index in [-0.39, 0.29) is 0 Å². The number of thiazole rings is 1. The van der Waals surface area contributed by atoms with E-state index < -0.39 is 10.0 Å². The standard InChI is InChI=1S/C12H15N3O2S3/c1-7-5-11(8(2)18-7)20(16,17)15-12-14-9-3-4-13-6-10(9)19-12/h5,13H,3-4,6H2,1-2H3,(H,14,15). The number of aromatic nitrogens is 1. The van der Waals surface area contributed by atoms with Crippen LogP contribution in [0.1, 0.15) is 20.3 Å². The number of anilines is 1. The Kier molecular flexibility index (Phi) is 3.57. The second kappa shape index (κ2) is 5.10. The Bertz CT molecular complexity index is 723. The molecule has 0 aliphatic carbocycles. The number of hydrogen-bond acceptors (Lipinski definition) is 6. The van der Waals surface area contributed by atoms with E-state index in [1.165, 1.54) is 22.7 Å². The van der Waals surface area contributed by atoms with Crippen LogP contribution in [0.15, 0.2) is 11.0 Å². The molecular formula is C12H15N3O2S3. The second-order valence-corrected chi connectivity index (χ2v) is 8.89. The maximum Gasteiger partial charge on any atom is 0.264 e. The Hall–Kier alpha value is -0.960. The first kappa shape index (κ1) is 14.0. The highest BCUT2D eigenvalue weighted by molar-refractivity contribution is 7.93. The summed E-state index contributed by atoms with van der Waals surface area (Å²) in [6.45, 7) is 5.39. The van der Waals surface area contributed by atoms with Gasteiger partial charge in [0, 0.05) is 34.1 Å². The molecule has 0 unspecified atom stereocenters. The van der Waals surface area contributed by atoms with Crippen molar-refractivity contribution in [3.8, 4) is 0 Å². The first-order valence-electron chi connectivity index (χ1n) is 6.25. The van der Waals surface area contributed by atoms with Gasteiger partial charge in [-0.15, -0.1) is 11.3 Å². The van der Waals surface area contributed by atoms with Crippen LogP contribution in [0, 0.1) is 13.8 Å². The number of nitrogens with zero attached hydrogens (tertiary/aromatic N) is 1. The SMILES string of the molecule is Cc1cc(S(=O)(=O)Nc2nc3c(s2)CNCC3)c(C)s1. The van der Waals surface area contributed by atoms with E-state index in [0.717, 1.165) is 39.8 Å². The van der Waals surface area contributed by atoms with Crippen molar-refractivity contribution in [2.45, 2.75) is 31.7 Å². The lowest BCUT2D eigenvalue weighted by atomic mass is 10.2. The van der Waals surface area contributed by atoms with Crippen LogP contribution in [-0.4, -0.2) is 19.9 Å². The average molecular weight is 329 g/mol. The lowest BCUT2D eigenvalue weighted by Crippen LogP contribution is -2.22. The summed E-state index contributed by atoms with van der Waals surface area (Å²) in [6, 6.07) is 1.71. The van der Waals surface area contributed by atoms with Crippen LogP contribution in [0.3, 0.4) is 0 Å². The lowest BCUT2D eigenvalue weighted by molar-refractivity contribution is 0.601. The third-order valence-electron chi connectivity index (χ3n) is 3.11. The van der Waals surface area contributed by atoms with Crippen molar-refractivity contribution < 1.29 is 8.42 Å². The molecule has 2 aromatic rings. The van der Waals surface area contributed by atoms with Gasteiger partial charge in [0.2, 0.25) is 0 Å². The van der Waals surface area contributed by atoms with Crippen LogP contribution < -0.4 is 10.0 Å². The molecular weight excluding hydrogens is 314 g/mol. The van der Waals surface area contributed by atoms with E-state index in [2.05, 4.69) is 15.0 Å². The molecule has 2 N–H and O–H groups in total. The molecule has 8 heteroatoms. The van der Waals surface area contributed by atoms with E-state index in [0.29, 0.717) is 10.0 Å². The Labute approximate surface area is 126 Å². The number of nitrogens with one attached hydrogen (secondary N) is 2. The predicted octanol–water partition coefficient (Wildman–Crippen LogP) is 2.27. The largest absolute Gasteiger partial charge is 0.311 e. The topological polar surface area (TPSA) is 71.1 Å². The molecule has 0 amide bonds. The van der Waals surface area contributed by atoms with Crippen molar-refractivity contribution in [3.05, 3.63) is 26.4 Å². The molecule has 1 aliphatic heterocycles. The summed E-state index contributed by atoms with van der Waals surface area (Å²) >= 11 is 2.90. The highest BCUT2D eigenvalue weighted by atomic mass is 32.2. The van der Waals surface area contributed by atoms with Gasteiger partial charge in [-0.3, -0.25) is 4.72 Å². The van der Waals surface area contributed by atoms with Crippen molar-refractivity contribution in [1.82, 2.24) is 10.3 Å². The molecule has 0 radical (unpaired) electrons. The minimum atomic E-state index is -3.53. The highest BCUT2D eigenvalue weighted by Crippen LogP contribution is 2.30. The number of rotatable bonds is 3. The molecule has 3 rings (SSSR count). The Morgan fingerprint density at radius 2 is 2.15 bits per heavy atom. The number of aryl methyl sites for hydroxylation is 2. The van der Waals surface area contributed by atoms with Crippen LogP contribution in [0.5, 0.6) is 0 Å². The summed E-state index contributed by atoms with van der Waals surface area (Å²) in [5, 5.41) is 3.72. The van der Waals surface area contributed by atoms with Gasteiger partial charge in [-0.05, 0) is 19.9 Å². The molecule has 0 fully saturated rings. The first-order chi connectivity index (χ1) is 9.45. The molecule has 3 heterocycles. The summed E-state index contributed by atoms with van der Waals surface area (Å²) in [6.07, 6.45) is 0.851. The lowest BCUT2D eigenvalue weighted by Gasteiger charge is -2.09. The molecule has 20 heavy (non-hydrogen) atoms. The van der Waals surface area contributed by atoms with Gasteiger partial charge in [0.05, 0.1) is 5.69 Å². The Balaban J connectivity index is 1.90. The van der Waals surface area contributed by atoms with E-state index >= 15 is 0 Å². The van der Waals surface area contributed by atoms with Crippen LogP contribution in [0.4, 0.5) is 5.13 Å². The summed E-state index contributed by atoms with van der Waals surface area (Å²) in [5.41, 5.74) is 1.00. The number of thiophene rings is 1.